The van der Waals surface area contributed by atoms with Gasteiger partial charge in [0.2, 0.25) is 0 Å². The molecule has 2 N–H and O–H groups in total. The first-order valence-corrected chi connectivity index (χ1v) is 6.27. The maximum absolute atomic E-state index is 11.6. The first kappa shape index (κ1) is 11.6. The number of hydrogen-bond donors (Lipinski definition) is 1. The lowest BCUT2D eigenvalue weighted by molar-refractivity contribution is 0.0605. The van der Waals surface area contributed by atoms with Crippen LogP contribution in [0.2, 0.25) is 0 Å². The topological polar surface area (TPSA) is 52.3 Å². The largest absolute Gasteiger partial charge is 0.465 e. The highest BCUT2D eigenvalue weighted by Gasteiger charge is 2.58. The van der Waals surface area contributed by atoms with Crippen LogP contribution in [0.3, 0.4) is 0 Å². The second-order valence-electron chi connectivity index (χ2n) is 4.84. The Bertz CT molecular complexity index is 411. The third kappa shape index (κ3) is 1.57. The van der Waals surface area contributed by atoms with Gasteiger partial charge in [0.05, 0.1) is 7.11 Å². The lowest BCUT2D eigenvalue weighted by atomic mass is 10.0. The first-order chi connectivity index (χ1) is 7.54. The van der Waals surface area contributed by atoms with Crippen molar-refractivity contribution in [2.75, 3.05) is 13.7 Å². The fourth-order valence-corrected chi connectivity index (χ4v) is 3.49. The van der Waals surface area contributed by atoms with Gasteiger partial charge in [-0.1, -0.05) is 13.8 Å². The van der Waals surface area contributed by atoms with Gasteiger partial charge in [-0.25, -0.2) is 4.79 Å². The molecule has 1 fully saturated rings. The predicted molar refractivity (Wildman–Crippen MR) is 64.7 cm³/mol. The summed E-state index contributed by atoms with van der Waals surface area (Å²) in [7, 11) is 1.42. The van der Waals surface area contributed by atoms with E-state index in [1.165, 1.54) is 18.4 Å². The Morgan fingerprint density at radius 2 is 2.31 bits per heavy atom. The zero-order valence-electron chi connectivity index (χ0n) is 9.82. The molecule has 0 bridgehead atoms. The van der Waals surface area contributed by atoms with Gasteiger partial charge in [-0.15, -0.1) is 11.3 Å². The van der Waals surface area contributed by atoms with E-state index in [0.717, 1.165) is 10.4 Å². The molecule has 4 heteroatoms. The zero-order valence-corrected chi connectivity index (χ0v) is 10.6. The Morgan fingerprint density at radius 3 is 2.81 bits per heavy atom. The van der Waals surface area contributed by atoms with E-state index in [-0.39, 0.29) is 11.4 Å². The molecule has 1 heterocycles. The smallest absolute Gasteiger partial charge is 0.348 e. The lowest BCUT2D eigenvalue weighted by Crippen LogP contribution is -2.05. The molecule has 1 aliphatic rings. The molecule has 0 radical (unpaired) electrons. The maximum Gasteiger partial charge on any atom is 0.348 e. The standard InChI is InChI=1S/C12H17NO2S/c1-12(2)8(6-13)9(12)7-4-5-16-10(7)11(14)15-3/h4-5,8-9H,6,13H2,1-3H3/t8-,9-/m0/s1. The lowest BCUT2D eigenvalue weighted by Gasteiger charge is -2.03. The van der Waals surface area contributed by atoms with E-state index in [2.05, 4.69) is 13.8 Å². The summed E-state index contributed by atoms with van der Waals surface area (Å²) in [6.45, 7) is 5.08. The van der Waals surface area contributed by atoms with E-state index in [1.807, 2.05) is 11.4 Å². The molecule has 0 spiro atoms. The van der Waals surface area contributed by atoms with Gasteiger partial charge in [-0.3, -0.25) is 0 Å². The van der Waals surface area contributed by atoms with E-state index in [4.69, 9.17) is 10.5 Å². The van der Waals surface area contributed by atoms with Gasteiger partial charge < -0.3 is 10.5 Å². The molecule has 0 amide bonds. The molecule has 2 atom stereocenters. The van der Waals surface area contributed by atoms with E-state index < -0.39 is 0 Å². The van der Waals surface area contributed by atoms with E-state index in [0.29, 0.717) is 18.4 Å². The van der Waals surface area contributed by atoms with E-state index >= 15 is 0 Å². The molecule has 1 saturated carbocycles. The number of hydrogen-bond acceptors (Lipinski definition) is 4. The molecular formula is C12H17NO2S. The van der Waals surface area contributed by atoms with Crippen LogP contribution in [0, 0.1) is 11.3 Å². The molecule has 16 heavy (non-hydrogen) atoms. The second kappa shape index (κ2) is 3.86. The highest BCUT2D eigenvalue weighted by Crippen LogP contribution is 2.64. The van der Waals surface area contributed by atoms with Crippen LogP contribution in [-0.2, 0) is 4.74 Å². The highest BCUT2D eigenvalue weighted by atomic mass is 32.1. The van der Waals surface area contributed by atoms with Crippen molar-refractivity contribution in [1.82, 2.24) is 0 Å². The van der Waals surface area contributed by atoms with Crippen LogP contribution in [0.15, 0.2) is 11.4 Å². The molecular weight excluding hydrogens is 222 g/mol. The minimum absolute atomic E-state index is 0.207. The minimum Gasteiger partial charge on any atom is -0.465 e. The number of esters is 1. The monoisotopic (exact) mass is 239 g/mol. The van der Waals surface area contributed by atoms with Crippen molar-refractivity contribution in [3.05, 3.63) is 21.9 Å². The third-order valence-electron chi connectivity index (χ3n) is 3.71. The van der Waals surface area contributed by atoms with Crippen molar-refractivity contribution in [3.8, 4) is 0 Å². The second-order valence-corrected chi connectivity index (χ2v) is 5.75. The van der Waals surface area contributed by atoms with Gasteiger partial charge >= 0.3 is 5.97 Å². The van der Waals surface area contributed by atoms with Crippen molar-refractivity contribution in [2.24, 2.45) is 17.1 Å². The Kier molecular flexibility index (Phi) is 2.80. The fraction of sp³-hybridized carbons (Fsp3) is 0.583. The zero-order chi connectivity index (χ0) is 11.9. The molecule has 0 aliphatic heterocycles. The molecule has 1 aromatic rings. The molecule has 2 rings (SSSR count). The molecule has 0 saturated heterocycles. The van der Waals surface area contributed by atoms with Crippen LogP contribution in [0.4, 0.5) is 0 Å². The Morgan fingerprint density at radius 1 is 1.62 bits per heavy atom. The van der Waals surface area contributed by atoms with Crippen molar-refractivity contribution >= 4 is 17.3 Å². The molecule has 3 nitrogen and oxygen atoms in total. The van der Waals surface area contributed by atoms with Crippen molar-refractivity contribution in [1.29, 1.82) is 0 Å². The molecule has 88 valence electrons. The number of ether oxygens (including phenoxy) is 1. The van der Waals surface area contributed by atoms with E-state index in [1.54, 1.807) is 0 Å². The summed E-state index contributed by atoms with van der Waals surface area (Å²) in [6, 6.07) is 2.03. The number of methoxy groups -OCH3 is 1. The Balaban J connectivity index is 2.30. The summed E-state index contributed by atoms with van der Waals surface area (Å²) in [4.78, 5) is 12.3. The van der Waals surface area contributed by atoms with Gasteiger partial charge in [0.1, 0.15) is 4.88 Å². The molecule has 0 aromatic carbocycles. The molecule has 0 unspecified atom stereocenters. The number of carbonyl (C=O) groups excluding carboxylic acids is 1. The quantitative estimate of drug-likeness (QED) is 0.823. The van der Waals surface area contributed by atoms with Gasteiger partial charge in [0.15, 0.2) is 0 Å². The number of rotatable bonds is 3. The van der Waals surface area contributed by atoms with Crippen LogP contribution in [-0.4, -0.2) is 19.6 Å². The summed E-state index contributed by atoms with van der Waals surface area (Å²) >= 11 is 1.45. The van der Waals surface area contributed by atoms with Gasteiger partial charge in [-0.05, 0) is 40.8 Å². The highest BCUT2D eigenvalue weighted by molar-refractivity contribution is 7.12. The number of carbonyl (C=O) groups is 1. The normalized spacial score (nSPS) is 26.5. The first-order valence-electron chi connectivity index (χ1n) is 5.39. The van der Waals surface area contributed by atoms with Crippen molar-refractivity contribution in [2.45, 2.75) is 19.8 Å². The average molecular weight is 239 g/mol. The average Bonchev–Trinajstić information content (AvgIpc) is 2.66. The number of thiophene rings is 1. The van der Waals surface area contributed by atoms with Gasteiger partial charge in [0, 0.05) is 0 Å². The van der Waals surface area contributed by atoms with Crippen LogP contribution < -0.4 is 5.73 Å². The predicted octanol–water partition coefficient (Wildman–Crippen LogP) is 2.23. The maximum atomic E-state index is 11.6. The number of nitrogens with two attached hydrogens (primary N) is 1. The summed E-state index contributed by atoms with van der Waals surface area (Å²) in [5.74, 6) is 0.645. The summed E-state index contributed by atoms with van der Waals surface area (Å²) in [5, 5.41) is 1.95. The van der Waals surface area contributed by atoms with Crippen molar-refractivity contribution in [3.63, 3.8) is 0 Å². The summed E-state index contributed by atoms with van der Waals surface area (Å²) in [5.41, 5.74) is 7.07. The third-order valence-corrected chi connectivity index (χ3v) is 4.62. The fourth-order valence-electron chi connectivity index (χ4n) is 2.62. The molecule has 1 aromatic heterocycles. The minimum atomic E-state index is -0.233. The summed E-state index contributed by atoms with van der Waals surface area (Å²) < 4.78 is 4.79. The van der Waals surface area contributed by atoms with Crippen LogP contribution in [0.25, 0.3) is 0 Å². The van der Waals surface area contributed by atoms with Crippen LogP contribution in [0.5, 0.6) is 0 Å². The summed E-state index contributed by atoms with van der Waals surface area (Å²) in [6.07, 6.45) is 0. The van der Waals surface area contributed by atoms with Crippen LogP contribution in [0.1, 0.15) is 35.0 Å². The van der Waals surface area contributed by atoms with E-state index in [9.17, 15) is 4.79 Å². The Labute approximate surface area is 99.6 Å². The van der Waals surface area contributed by atoms with Crippen LogP contribution >= 0.6 is 11.3 Å². The van der Waals surface area contributed by atoms with Gasteiger partial charge in [-0.2, -0.15) is 0 Å². The molecule has 1 aliphatic carbocycles. The SMILES string of the molecule is COC(=O)c1sccc1[C@H]1[C@H](CN)C1(C)C. The van der Waals surface area contributed by atoms with Gasteiger partial charge in [0.25, 0.3) is 0 Å². The van der Waals surface area contributed by atoms with Crippen molar-refractivity contribution < 1.29 is 9.53 Å². The Hall–Kier alpha value is -0.870.